The van der Waals surface area contributed by atoms with E-state index in [2.05, 4.69) is 0 Å². The minimum Gasteiger partial charge on any atom is -0.480 e. The molecule has 0 aliphatic carbocycles. The van der Waals surface area contributed by atoms with Crippen molar-refractivity contribution in [1.82, 2.24) is 0 Å². The molecule has 0 saturated carbocycles. The quantitative estimate of drug-likeness (QED) is 0.494. The second-order valence-corrected chi connectivity index (χ2v) is 3.36. The normalized spacial score (nSPS) is 13.5. The van der Waals surface area contributed by atoms with Gasteiger partial charge in [-0.2, -0.15) is 0 Å². The molecule has 5 N–H and O–H groups in total. The number of aliphatic carboxylic acids is 1. The summed E-state index contributed by atoms with van der Waals surface area (Å²) >= 11 is 0. The van der Waals surface area contributed by atoms with Crippen LogP contribution in [0, 0.1) is 0 Å². The summed E-state index contributed by atoms with van der Waals surface area (Å²) in [7, 11) is 0. The van der Waals surface area contributed by atoms with Gasteiger partial charge < -0.3 is 21.1 Å². The van der Waals surface area contributed by atoms with Gasteiger partial charge in [0.05, 0.1) is 0 Å². The van der Waals surface area contributed by atoms with Gasteiger partial charge in [0.1, 0.15) is 0 Å². The molecule has 1 unspecified atom stereocenters. The van der Waals surface area contributed by atoms with Gasteiger partial charge in [0.2, 0.25) is 0 Å². The van der Waals surface area contributed by atoms with Crippen molar-refractivity contribution in [3.05, 3.63) is 35.9 Å². The first-order chi connectivity index (χ1) is 6.93. The van der Waals surface area contributed by atoms with Gasteiger partial charge in [0.25, 0.3) is 0 Å². The smallest absolute Gasteiger partial charge is 0.326 e. The fraction of sp³-hybridized carbons (Fsp3) is 0.300. The molecule has 0 aromatic heterocycles. The van der Waals surface area contributed by atoms with Crippen molar-refractivity contribution in [2.75, 3.05) is 0 Å². The third kappa shape index (κ3) is 3.02. The second kappa shape index (κ2) is 4.39. The van der Waals surface area contributed by atoms with Gasteiger partial charge in [0, 0.05) is 6.42 Å². The Hall–Kier alpha value is -1.43. The van der Waals surface area contributed by atoms with E-state index < -0.39 is 17.8 Å². The first kappa shape index (κ1) is 11.6. The van der Waals surface area contributed by atoms with Gasteiger partial charge in [-0.15, -0.1) is 0 Å². The Labute approximate surface area is 86.8 Å². The van der Waals surface area contributed by atoms with Crippen molar-refractivity contribution < 1.29 is 20.1 Å². The monoisotopic (exact) mass is 211 g/mol. The lowest BCUT2D eigenvalue weighted by Gasteiger charge is -2.25. The third-order valence-electron chi connectivity index (χ3n) is 2.07. The second-order valence-electron chi connectivity index (χ2n) is 3.36. The minimum absolute atomic E-state index is 0.221. The summed E-state index contributed by atoms with van der Waals surface area (Å²) in [5.41, 5.74) is 5.75. The van der Waals surface area contributed by atoms with Crippen LogP contribution in [-0.4, -0.2) is 33.1 Å². The number of hydrogen-bond acceptors (Lipinski definition) is 4. The average molecular weight is 211 g/mol. The van der Waals surface area contributed by atoms with E-state index in [1.807, 2.05) is 0 Å². The van der Waals surface area contributed by atoms with E-state index in [1.165, 1.54) is 0 Å². The maximum absolute atomic E-state index is 10.5. The molecule has 0 radical (unpaired) electrons. The summed E-state index contributed by atoms with van der Waals surface area (Å²) in [5.74, 6) is -3.89. The van der Waals surface area contributed by atoms with E-state index in [0.717, 1.165) is 0 Å². The summed E-state index contributed by atoms with van der Waals surface area (Å²) in [6.45, 7) is 0. The molecule has 0 aliphatic rings. The van der Waals surface area contributed by atoms with Gasteiger partial charge in [-0.1, -0.05) is 30.3 Å². The molecule has 5 nitrogen and oxygen atoms in total. The van der Waals surface area contributed by atoms with Crippen LogP contribution in [0.25, 0.3) is 0 Å². The zero-order valence-electron chi connectivity index (χ0n) is 8.00. The van der Waals surface area contributed by atoms with E-state index in [0.29, 0.717) is 5.56 Å². The Morgan fingerprint density at radius 1 is 1.33 bits per heavy atom. The van der Waals surface area contributed by atoms with Crippen molar-refractivity contribution >= 4 is 5.97 Å². The van der Waals surface area contributed by atoms with Crippen LogP contribution in [0.4, 0.5) is 0 Å². The van der Waals surface area contributed by atoms with E-state index in [-0.39, 0.29) is 6.42 Å². The van der Waals surface area contributed by atoms with Crippen molar-refractivity contribution in [3.8, 4) is 0 Å². The van der Waals surface area contributed by atoms with Crippen LogP contribution in [0.15, 0.2) is 30.3 Å². The molecule has 0 spiro atoms. The van der Waals surface area contributed by atoms with Gasteiger partial charge >= 0.3 is 5.97 Å². The van der Waals surface area contributed by atoms with Crippen molar-refractivity contribution in [2.24, 2.45) is 5.73 Å². The molecular weight excluding hydrogens is 198 g/mol. The number of nitrogens with two attached hydrogens (primary N) is 1. The minimum atomic E-state index is -2.44. The highest BCUT2D eigenvalue weighted by Gasteiger charge is 2.37. The molecular formula is C10H13NO4. The third-order valence-corrected chi connectivity index (χ3v) is 2.07. The first-order valence-electron chi connectivity index (χ1n) is 4.40. The van der Waals surface area contributed by atoms with Crippen molar-refractivity contribution in [3.63, 3.8) is 0 Å². The lowest BCUT2D eigenvalue weighted by Crippen LogP contribution is -2.54. The van der Waals surface area contributed by atoms with E-state index in [4.69, 9.17) is 10.8 Å². The van der Waals surface area contributed by atoms with Crippen molar-refractivity contribution in [1.29, 1.82) is 0 Å². The molecule has 1 aromatic carbocycles. The Bertz CT molecular complexity index is 337. The van der Waals surface area contributed by atoms with Gasteiger partial charge in [0.15, 0.2) is 11.8 Å². The SMILES string of the molecule is NC(C(=O)O)C(O)(O)Cc1ccccc1. The maximum atomic E-state index is 10.5. The molecule has 0 amide bonds. The predicted molar refractivity (Wildman–Crippen MR) is 52.9 cm³/mol. The molecule has 5 heteroatoms. The highest BCUT2D eigenvalue weighted by atomic mass is 16.5. The van der Waals surface area contributed by atoms with E-state index in [9.17, 15) is 15.0 Å². The summed E-state index contributed by atoms with van der Waals surface area (Å²) in [5, 5.41) is 27.5. The zero-order chi connectivity index (χ0) is 11.5. The van der Waals surface area contributed by atoms with Crippen LogP contribution in [0.1, 0.15) is 5.56 Å². The predicted octanol–water partition coefficient (Wildman–Crippen LogP) is -0.678. The van der Waals surface area contributed by atoms with E-state index in [1.54, 1.807) is 30.3 Å². The number of carboxylic acid groups (broad SMARTS) is 1. The largest absolute Gasteiger partial charge is 0.480 e. The molecule has 1 aromatic rings. The molecule has 0 bridgehead atoms. The highest BCUT2D eigenvalue weighted by molar-refractivity contribution is 5.74. The van der Waals surface area contributed by atoms with E-state index >= 15 is 0 Å². The number of rotatable bonds is 4. The zero-order valence-corrected chi connectivity index (χ0v) is 8.00. The summed E-state index contributed by atoms with van der Waals surface area (Å²) in [4.78, 5) is 10.5. The van der Waals surface area contributed by atoms with Gasteiger partial charge in [-0.3, -0.25) is 4.79 Å². The lowest BCUT2D eigenvalue weighted by atomic mass is 9.99. The fourth-order valence-corrected chi connectivity index (χ4v) is 1.20. The highest BCUT2D eigenvalue weighted by Crippen LogP contribution is 2.13. The maximum Gasteiger partial charge on any atom is 0.326 e. The Kier molecular flexibility index (Phi) is 3.41. The standard InChI is InChI=1S/C10H13NO4/c11-8(9(12)13)10(14,15)6-7-4-2-1-3-5-7/h1-5,8,14-15H,6,11H2,(H,12,13). The van der Waals surface area contributed by atoms with Crippen LogP contribution < -0.4 is 5.73 Å². The summed E-state index contributed by atoms with van der Waals surface area (Å²) < 4.78 is 0. The van der Waals surface area contributed by atoms with Crippen LogP contribution in [0.3, 0.4) is 0 Å². The van der Waals surface area contributed by atoms with Crippen LogP contribution >= 0.6 is 0 Å². The molecule has 82 valence electrons. The van der Waals surface area contributed by atoms with Crippen molar-refractivity contribution in [2.45, 2.75) is 18.2 Å². The molecule has 1 rings (SSSR count). The van der Waals surface area contributed by atoms with Gasteiger partial charge in [-0.05, 0) is 5.56 Å². The molecule has 0 heterocycles. The summed E-state index contributed by atoms with van der Waals surface area (Å²) in [6, 6.07) is 6.82. The Balaban J connectivity index is 2.76. The number of benzene rings is 1. The Morgan fingerprint density at radius 3 is 2.33 bits per heavy atom. The number of carbonyl (C=O) groups is 1. The fourth-order valence-electron chi connectivity index (χ4n) is 1.20. The lowest BCUT2D eigenvalue weighted by molar-refractivity contribution is -0.189. The first-order valence-corrected chi connectivity index (χ1v) is 4.40. The molecule has 0 saturated heterocycles. The molecule has 0 aliphatic heterocycles. The van der Waals surface area contributed by atoms with Crippen LogP contribution in [0.5, 0.6) is 0 Å². The Morgan fingerprint density at radius 2 is 1.87 bits per heavy atom. The van der Waals surface area contributed by atoms with Crippen LogP contribution in [-0.2, 0) is 11.2 Å². The number of carboxylic acids is 1. The molecule has 15 heavy (non-hydrogen) atoms. The summed E-state index contributed by atoms with van der Waals surface area (Å²) in [6.07, 6.45) is -0.221. The topological polar surface area (TPSA) is 104 Å². The molecule has 1 atom stereocenters. The molecule has 0 fully saturated rings. The number of aliphatic hydroxyl groups is 2. The van der Waals surface area contributed by atoms with Crippen LogP contribution in [0.2, 0.25) is 0 Å². The van der Waals surface area contributed by atoms with Gasteiger partial charge in [-0.25, -0.2) is 0 Å². The average Bonchev–Trinajstić information content (AvgIpc) is 2.17. The number of hydrogen-bond donors (Lipinski definition) is 4.